The van der Waals surface area contributed by atoms with Crippen LogP contribution in [0.2, 0.25) is 0 Å². The Morgan fingerprint density at radius 2 is 1.95 bits per heavy atom. The van der Waals surface area contributed by atoms with Crippen molar-refractivity contribution >= 4 is 5.97 Å². The van der Waals surface area contributed by atoms with Gasteiger partial charge in [0, 0.05) is 0 Å². The predicted octanol–water partition coefficient (Wildman–Crippen LogP) is 2.61. The average molecular weight is 279 g/mol. The highest BCUT2D eigenvalue weighted by molar-refractivity contribution is 5.75. The summed E-state index contributed by atoms with van der Waals surface area (Å²) in [6.07, 6.45) is -7.01. The molecule has 0 bridgehead atoms. The topological polar surface area (TPSA) is 52.3 Å². The minimum Gasteiger partial charge on any atom is -0.464 e. The van der Waals surface area contributed by atoms with Crippen LogP contribution in [-0.2, 0) is 15.7 Å². The van der Waals surface area contributed by atoms with Gasteiger partial charge in [-0.25, -0.2) is 9.18 Å². The number of hydrogen-bond acceptors (Lipinski definition) is 3. The molecule has 2 N–H and O–H groups in total. The van der Waals surface area contributed by atoms with Gasteiger partial charge in [0.1, 0.15) is 0 Å². The molecule has 2 atom stereocenters. The molecular formula is C12H13F4NO2. The fourth-order valence-corrected chi connectivity index (χ4v) is 1.57. The number of hydrogen-bond donors (Lipinski definition) is 1. The summed E-state index contributed by atoms with van der Waals surface area (Å²) < 4.78 is 56.2. The summed E-state index contributed by atoms with van der Waals surface area (Å²) in [6, 6.07) is 2.56. The summed E-state index contributed by atoms with van der Waals surface area (Å²) in [5.41, 5.74) is 3.85. The van der Waals surface area contributed by atoms with E-state index in [0.717, 1.165) is 18.2 Å². The minimum absolute atomic E-state index is 0.0765. The van der Waals surface area contributed by atoms with Gasteiger partial charge < -0.3 is 10.5 Å². The molecule has 1 aromatic rings. The van der Waals surface area contributed by atoms with Crippen LogP contribution in [0.1, 0.15) is 24.1 Å². The lowest BCUT2D eigenvalue weighted by molar-refractivity contribution is -0.150. The molecule has 3 nitrogen and oxygen atoms in total. The first-order chi connectivity index (χ1) is 8.79. The normalized spacial score (nSPS) is 14.8. The Bertz CT molecular complexity index is 448. The Morgan fingerprint density at radius 3 is 2.47 bits per heavy atom. The number of ether oxygens (including phenoxy) is 1. The molecule has 0 aliphatic heterocycles. The van der Waals surface area contributed by atoms with Crippen LogP contribution in [0.25, 0.3) is 0 Å². The van der Waals surface area contributed by atoms with Gasteiger partial charge in [-0.05, 0) is 18.6 Å². The summed E-state index contributed by atoms with van der Waals surface area (Å²) in [4.78, 5) is 11.2. The summed E-state index contributed by atoms with van der Waals surface area (Å²) >= 11 is 0. The Balaban J connectivity index is 3.06. The lowest BCUT2D eigenvalue weighted by atomic mass is 9.97. The Kier molecular flexibility index (Phi) is 4.88. The molecule has 0 aromatic heterocycles. The SMILES string of the molecule is CCOC(=O)C(F)[C@@H](N)c1ccccc1C(F)(F)F. The van der Waals surface area contributed by atoms with Crippen molar-refractivity contribution in [1.29, 1.82) is 0 Å². The van der Waals surface area contributed by atoms with Crippen LogP contribution in [-0.4, -0.2) is 18.7 Å². The standard InChI is InChI=1S/C12H13F4NO2/c1-2-19-11(18)9(13)10(17)7-5-3-4-6-8(7)12(14,15)16/h3-6,9-10H,2,17H2,1H3/t9?,10-/m0/s1. The first kappa shape index (κ1) is 15.4. The van der Waals surface area contributed by atoms with Crippen molar-refractivity contribution in [3.63, 3.8) is 0 Å². The third kappa shape index (κ3) is 3.66. The number of esters is 1. The largest absolute Gasteiger partial charge is 0.464 e. The van der Waals surface area contributed by atoms with Crippen LogP contribution >= 0.6 is 0 Å². The van der Waals surface area contributed by atoms with Gasteiger partial charge in [0.2, 0.25) is 6.17 Å². The molecule has 0 spiro atoms. The highest BCUT2D eigenvalue weighted by Crippen LogP contribution is 2.35. The first-order valence-electron chi connectivity index (χ1n) is 5.51. The monoisotopic (exact) mass is 279 g/mol. The number of nitrogens with two attached hydrogens (primary N) is 1. The molecule has 0 aliphatic rings. The number of carbonyl (C=O) groups is 1. The molecule has 19 heavy (non-hydrogen) atoms. The van der Waals surface area contributed by atoms with E-state index in [-0.39, 0.29) is 6.61 Å². The van der Waals surface area contributed by atoms with Gasteiger partial charge in [0.05, 0.1) is 18.2 Å². The number of benzene rings is 1. The number of alkyl halides is 4. The van der Waals surface area contributed by atoms with Crippen LogP contribution in [0.5, 0.6) is 0 Å². The van der Waals surface area contributed by atoms with E-state index in [1.165, 1.54) is 13.0 Å². The number of carbonyl (C=O) groups excluding carboxylic acids is 1. The zero-order valence-corrected chi connectivity index (χ0v) is 10.1. The molecular weight excluding hydrogens is 266 g/mol. The average Bonchev–Trinajstić information content (AvgIpc) is 2.36. The van der Waals surface area contributed by atoms with Crippen molar-refractivity contribution in [1.82, 2.24) is 0 Å². The third-order valence-corrected chi connectivity index (χ3v) is 2.45. The third-order valence-electron chi connectivity index (χ3n) is 2.45. The second kappa shape index (κ2) is 6.01. The smallest absolute Gasteiger partial charge is 0.416 e. The maximum atomic E-state index is 13.7. The predicted molar refractivity (Wildman–Crippen MR) is 59.9 cm³/mol. The molecule has 1 rings (SSSR count). The first-order valence-corrected chi connectivity index (χ1v) is 5.51. The fourth-order valence-electron chi connectivity index (χ4n) is 1.57. The molecule has 0 saturated carbocycles. The van der Waals surface area contributed by atoms with Crippen LogP contribution in [0.15, 0.2) is 24.3 Å². The van der Waals surface area contributed by atoms with E-state index in [9.17, 15) is 22.4 Å². The summed E-state index contributed by atoms with van der Waals surface area (Å²) in [5.74, 6) is -1.27. The van der Waals surface area contributed by atoms with E-state index in [1.807, 2.05) is 0 Å². The van der Waals surface area contributed by atoms with Gasteiger partial charge in [-0.15, -0.1) is 0 Å². The Hall–Kier alpha value is -1.63. The molecule has 0 heterocycles. The van der Waals surface area contributed by atoms with Gasteiger partial charge >= 0.3 is 12.1 Å². The van der Waals surface area contributed by atoms with Gasteiger partial charge in [-0.3, -0.25) is 0 Å². The molecule has 0 fully saturated rings. The van der Waals surface area contributed by atoms with Crippen molar-refractivity contribution < 1.29 is 27.1 Å². The second-order valence-electron chi connectivity index (χ2n) is 3.76. The summed E-state index contributed by atoms with van der Waals surface area (Å²) in [7, 11) is 0. The van der Waals surface area contributed by atoms with Crippen LogP contribution in [0, 0.1) is 0 Å². The van der Waals surface area contributed by atoms with E-state index in [1.54, 1.807) is 0 Å². The molecule has 1 aromatic carbocycles. The molecule has 106 valence electrons. The van der Waals surface area contributed by atoms with Crippen molar-refractivity contribution in [3.8, 4) is 0 Å². The fraction of sp³-hybridized carbons (Fsp3) is 0.417. The number of rotatable bonds is 4. The molecule has 0 saturated heterocycles. The Labute approximate surface area is 107 Å². The van der Waals surface area contributed by atoms with Crippen LogP contribution in [0.4, 0.5) is 17.6 Å². The number of halogens is 4. The van der Waals surface area contributed by atoms with Crippen molar-refractivity contribution in [2.24, 2.45) is 5.73 Å². The second-order valence-corrected chi connectivity index (χ2v) is 3.76. The minimum atomic E-state index is -4.66. The van der Waals surface area contributed by atoms with E-state index >= 15 is 0 Å². The molecule has 7 heteroatoms. The molecule has 0 amide bonds. The van der Waals surface area contributed by atoms with Gasteiger partial charge in [-0.2, -0.15) is 13.2 Å². The zero-order valence-electron chi connectivity index (χ0n) is 10.1. The van der Waals surface area contributed by atoms with E-state index < -0.39 is 35.5 Å². The highest BCUT2D eigenvalue weighted by Gasteiger charge is 2.37. The molecule has 1 unspecified atom stereocenters. The zero-order chi connectivity index (χ0) is 14.6. The summed E-state index contributed by atoms with van der Waals surface area (Å²) in [6.45, 7) is 1.38. The quantitative estimate of drug-likeness (QED) is 0.681. The van der Waals surface area contributed by atoms with Crippen molar-refractivity contribution in [3.05, 3.63) is 35.4 Å². The maximum absolute atomic E-state index is 13.7. The Morgan fingerprint density at radius 1 is 1.37 bits per heavy atom. The van der Waals surface area contributed by atoms with Crippen LogP contribution < -0.4 is 5.73 Å². The molecule has 0 radical (unpaired) electrons. The van der Waals surface area contributed by atoms with E-state index in [0.29, 0.717) is 0 Å². The van der Waals surface area contributed by atoms with Crippen LogP contribution in [0.3, 0.4) is 0 Å². The van der Waals surface area contributed by atoms with E-state index in [2.05, 4.69) is 4.74 Å². The van der Waals surface area contributed by atoms with Crippen molar-refractivity contribution in [2.45, 2.75) is 25.3 Å². The van der Waals surface area contributed by atoms with Gasteiger partial charge in [-0.1, -0.05) is 18.2 Å². The highest BCUT2D eigenvalue weighted by atomic mass is 19.4. The lowest BCUT2D eigenvalue weighted by Crippen LogP contribution is -2.33. The summed E-state index contributed by atoms with van der Waals surface area (Å²) in [5, 5.41) is 0. The molecule has 0 aliphatic carbocycles. The lowest BCUT2D eigenvalue weighted by Gasteiger charge is -2.20. The van der Waals surface area contributed by atoms with E-state index in [4.69, 9.17) is 5.73 Å². The van der Waals surface area contributed by atoms with Gasteiger partial charge in [0.25, 0.3) is 0 Å². The van der Waals surface area contributed by atoms with Gasteiger partial charge in [0.15, 0.2) is 0 Å². The van der Waals surface area contributed by atoms with Crippen molar-refractivity contribution in [2.75, 3.05) is 6.61 Å². The maximum Gasteiger partial charge on any atom is 0.416 e.